The van der Waals surface area contributed by atoms with Gasteiger partial charge in [-0.1, -0.05) is 72.8 Å². The molecule has 0 radical (unpaired) electrons. The lowest BCUT2D eigenvalue weighted by atomic mass is 10.0. The highest BCUT2D eigenvalue weighted by Gasteiger charge is 2.37. The third kappa shape index (κ3) is 4.25. The van der Waals surface area contributed by atoms with Gasteiger partial charge >= 0.3 is 0 Å². The van der Waals surface area contributed by atoms with E-state index < -0.39 is 0 Å². The molecular weight excluding hydrogens is 370 g/mol. The Balaban J connectivity index is 1.28. The maximum absolute atomic E-state index is 13.1. The van der Waals surface area contributed by atoms with Gasteiger partial charge in [-0.25, -0.2) is 0 Å². The first kappa shape index (κ1) is 19.3. The largest absolute Gasteiger partial charge is 0.348 e. The minimum atomic E-state index is -0.0918. The number of rotatable bonds is 6. The molecule has 3 aromatic carbocycles. The van der Waals surface area contributed by atoms with Crippen LogP contribution in [0, 0.1) is 0 Å². The fraction of sp³-hybridized carbons (Fsp3) is 0.346. The molecule has 4 heteroatoms. The molecule has 1 heterocycles. The third-order valence-corrected chi connectivity index (χ3v) is 6.65. The molecule has 154 valence electrons. The molecule has 1 amide bonds. The molecule has 1 aliphatic heterocycles. The van der Waals surface area contributed by atoms with Crippen LogP contribution >= 0.6 is 0 Å². The van der Waals surface area contributed by atoms with E-state index in [2.05, 4.69) is 59.9 Å². The number of piperazine rings is 1. The molecule has 0 spiro atoms. The molecule has 2 fully saturated rings. The van der Waals surface area contributed by atoms with Gasteiger partial charge in [-0.05, 0) is 23.6 Å². The molecule has 3 N–H and O–H groups in total. The monoisotopic (exact) mass is 401 g/mol. The maximum Gasteiger partial charge on any atom is 0.283 e. The molecule has 30 heavy (non-hydrogen) atoms. The molecule has 0 bridgehead atoms. The van der Waals surface area contributed by atoms with Crippen molar-refractivity contribution in [3.8, 4) is 0 Å². The summed E-state index contributed by atoms with van der Waals surface area (Å²) in [5.41, 5.74) is 2.57. The Labute approximate surface area is 178 Å². The van der Waals surface area contributed by atoms with Gasteiger partial charge in [0.15, 0.2) is 6.04 Å². The zero-order valence-corrected chi connectivity index (χ0v) is 17.4. The topological polar surface area (TPSA) is 38.0 Å². The molecule has 1 atom stereocenters. The van der Waals surface area contributed by atoms with Gasteiger partial charge in [0.1, 0.15) is 32.7 Å². The van der Waals surface area contributed by atoms with Crippen LogP contribution in [0.4, 0.5) is 0 Å². The summed E-state index contributed by atoms with van der Waals surface area (Å²) >= 11 is 0. The Kier molecular flexibility index (Phi) is 5.52. The first-order valence-corrected chi connectivity index (χ1v) is 11.3. The number of carbonyl (C=O) groups is 1. The van der Waals surface area contributed by atoms with Crippen LogP contribution in [0.15, 0.2) is 72.8 Å². The summed E-state index contributed by atoms with van der Waals surface area (Å²) in [7, 11) is 0. The number of nitrogens with one attached hydrogen (secondary N) is 3. The SMILES string of the molecule is O=C(NC1CC1)[C@H](c1ccccc1)[NH+]1CC[NH+](Cc2cccc3ccccc23)CC1. The van der Waals surface area contributed by atoms with E-state index in [1.54, 1.807) is 4.90 Å². The summed E-state index contributed by atoms with van der Waals surface area (Å²) in [6.07, 6.45) is 2.26. The van der Waals surface area contributed by atoms with Gasteiger partial charge < -0.3 is 15.1 Å². The van der Waals surface area contributed by atoms with Crippen LogP contribution in [0.3, 0.4) is 0 Å². The highest BCUT2D eigenvalue weighted by atomic mass is 16.2. The van der Waals surface area contributed by atoms with Gasteiger partial charge in [-0.15, -0.1) is 0 Å². The molecule has 1 aliphatic carbocycles. The van der Waals surface area contributed by atoms with Gasteiger partial charge in [-0.3, -0.25) is 4.79 Å². The molecule has 0 aromatic heterocycles. The van der Waals surface area contributed by atoms with Crippen LogP contribution in [0.2, 0.25) is 0 Å². The summed E-state index contributed by atoms with van der Waals surface area (Å²) in [5, 5.41) is 5.94. The van der Waals surface area contributed by atoms with Crippen molar-refractivity contribution in [2.45, 2.75) is 31.5 Å². The van der Waals surface area contributed by atoms with Crippen LogP contribution in [0.25, 0.3) is 10.8 Å². The lowest BCUT2D eigenvalue weighted by Gasteiger charge is -2.34. The minimum absolute atomic E-state index is 0.0918. The van der Waals surface area contributed by atoms with Gasteiger partial charge in [0, 0.05) is 17.2 Å². The summed E-state index contributed by atoms with van der Waals surface area (Å²) in [6.45, 7) is 5.30. The molecule has 3 aromatic rings. The van der Waals surface area contributed by atoms with Crippen molar-refractivity contribution in [1.82, 2.24) is 5.32 Å². The van der Waals surface area contributed by atoms with E-state index in [-0.39, 0.29) is 11.9 Å². The Hall–Kier alpha value is -2.69. The second-order valence-electron chi connectivity index (χ2n) is 8.85. The predicted octanol–water partition coefficient (Wildman–Crippen LogP) is 1.14. The normalized spacial score (nSPS) is 22.5. The van der Waals surface area contributed by atoms with Crippen LogP contribution in [0.5, 0.6) is 0 Å². The van der Waals surface area contributed by atoms with Crippen molar-refractivity contribution in [2.24, 2.45) is 0 Å². The number of hydrogen-bond donors (Lipinski definition) is 3. The number of hydrogen-bond acceptors (Lipinski definition) is 1. The molecule has 5 rings (SSSR count). The highest BCUT2D eigenvalue weighted by Crippen LogP contribution is 2.20. The first-order valence-electron chi connectivity index (χ1n) is 11.3. The van der Waals surface area contributed by atoms with Crippen LogP contribution in [-0.4, -0.2) is 38.1 Å². The van der Waals surface area contributed by atoms with E-state index in [4.69, 9.17) is 0 Å². The molecule has 1 saturated carbocycles. The van der Waals surface area contributed by atoms with E-state index in [1.807, 2.05) is 18.2 Å². The number of amides is 1. The summed E-state index contributed by atoms with van der Waals surface area (Å²) < 4.78 is 0. The molecular formula is C26H31N3O+2. The zero-order chi connectivity index (χ0) is 20.3. The Morgan fingerprint density at radius 2 is 1.57 bits per heavy atom. The second-order valence-corrected chi connectivity index (χ2v) is 8.85. The van der Waals surface area contributed by atoms with Crippen molar-refractivity contribution in [3.63, 3.8) is 0 Å². The fourth-order valence-electron chi connectivity index (χ4n) is 4.84. The average molecular weight is 402 g/mol. The number of carbonyl (C=O) groups excluding carboxylic acids is 1. The zero-order valence-electron chi connectivity index (χ0n) is 17.4. The Morgan fingerprint density at radius 1 is 0.867 bits per heavy atom. The lowest BCUT2D eigenvalue weighted by Crippen LogP contribution is -3.28. The van der Waals surface area contributed by atoms with Crippen LogP contribution in [-0.2, 0) is 11.3 Å². The van der Waals surface area contributed by atoms with Gasteiger partial charge in [-0.2, -0.15) is 0 Å². The van der Waals surface area contributed by atoms with E-state index in [1.165, 1.54) is 21.2 Å². The van der Waals surface area contributed by atoms with Crippen LogP contribution < -0.4 is 15.1 Å². The van der Waals surface area contributed by atoms with Crippen molar-refractivity contribution >= 4 is 16.7 Å². The molecule has 2 aliphatic rings. The average Bonchev–Trinajstić information content (AvgIpc) is 3.60. The highest BCUT2D eigenvalue weighted by molar-refractivity contribution is 5.85. The van der Waals surface area contributed by atoms with E-state index >= 15 is 0 Å². The Morgan fingerprint density at radius 3 is 2.33 bits per heavy atom. The number of quaternary nitrogens is 2. The summed E-state index contributed by atoms with van der Waals surface area (Å²) in [5.74, 6) is 0.205. The van der Waals surface area contributed by atoms with Gasteiger partial charge in [0.05, 0.1) is 0 Å². The van der Waals surface area contributed by atoms with Crippen molar-refractivity contribution in [1.29, 1.82) is 0 Å². The maximum atomic E-state index is 13.1. The van der Waals surface area contributed by atoms with Crippen LogP contribution in [0.1, 0.15) is 30.0 Å². The summed E-state index contributed by atoms with van der Waals surface area (Å²) in [4.78, 5) is 16.1. The van der Waals surface area contributed by atoms with E-state index in [0.29, 0.717) is 6.04 Å². The van der Waals surface area contributed by atoms with Gasteiger partial charge in [0.2, 0.25) is 0 Å². The lowest BCUT2D eigenvalue weighted by molar-refractivity contribution is -1.03. The quantitative estimate of drug-likeness (QED) is 0.570. The molecule has 0 unspecified atom stereocenters. The molecule has 4 nitrogen and oxygen atoms in total. The first-order chi connectivity index (χ1) is 14.8. The molecule has 1 saturated heterocycles. The third-order valence-electron chi connectivity index (χ3n) is 6.65. The number of benzene rings is 3. The number of fused-ring (bicyclic) bond motifs is 1. The second kappa shape index (κ2) is 8.58. The fourth-order valence-corrected chi connectivity index (χ4v) is 4.84. The van der Waals surface area contributed by atoms with Crippen molar-refractivity contribution in [3.05, 3.63) is 83.9 Å². The van der Waals surface area contributed by atoms with Crippen molar-refractivity contribution in [2.75, 3.05) is 26.2 Å². The van der Waals surface area contributed by atoms with E-state index in [9.17, 15) is 4.79 Å². The smallest absolute Gasteiger partial charge is 0.283 e. The van der Waals surface area contributed by atoms with Gasteiger partial charge in [0.25, 0.3) is 5.91 Å². The minimum Gasteiger partial charge on any atom is -0.348 e. The predicted molar refractivity (Wildman–Crippen MR) is 119 cm³/mol. The van der Waals surface area contributed by atoms with Crippen molar-refractivity contribution < 1.29 is 14.6 Å². The standard InChI is InChI=1S/C26H29N3O/c30-26(27-23-13-14-23)25(21-8-2-1-3-9-21)29-17-15-28(16-18-29)19-22-11-6-10-20-7-4-5-12-24(20)22/h1-12,23,25H,13-19H2,(H,27,30)/p+2/t25-/m0/s1. The summed E-state index contributed by atoms with van der Waals surface area (Å²) in [6, 6.07) is 26.0. The Bertz CT molecular complexity index is 1000. The van der Waals surface area contributed by atoms with E-state index in [0.717, 1.165) is 51.1 Å².